The summed E-state index contributed by atoms with van der Waals surface area (Å²) in [5, 5.41) is 4.05. The van der Waals surface area contributed by atoms with Crippen LogP contribution in [0.15, 0.2) is 35.4 Å². The van der Waals surface area contributed by atoms with E-state index in [4.69, 9.17) is 16.3 Å². The Morgan fingerprint density at radius 2 is 1.89 bits per heavy atom. The molecule has 1 heterocycles. The first kappa shape index (κ1) is 21.5. The standard InChI is InChI=1S/C21H29ClN2O3/c1-13(2)12-18(21(26)27-5)23-19-14(3)15(4)20(25)24(19)11-10-16-6-8-17(22)9-7-16/h6-9,13,18-19,23H,10-12H2,1-5H3/t18-,19-/m0/s1. The van der Waals surface area contributed by atoms with Crippen LogP contribution in [0.1, 0.15) is 39.7 Å². The van der Waals surface area contributed by atoms with Crippen molar-refractivity contribution in [1.82, 2.24) is 10.2 Å². The van der Waals surface area contributed by atoms with Crippen molar-refractivity contribution in [3.8, 4) is 0 Å². The van der Waals surface area contributed by atoms with E-state index in [0.717, 1.165) is 16.7 Å². The topological polar surface area (TPSA) is 58.6 Å². The van der Waals surface area contributed by atoms with Gasteiger partial charge in [-0.25, -0.2) is 0 Å². The molecule has 0 bridgehead atoms. The van der Waals surface area contributed by atoms with Gasteiger partial charge < -0.3 is 9.64 Å². The van der Waals surface area contributed by atoms with E-state index in [0.29, 0.717) is 30.3 Å². The molecular formula is C21H29ClN2O3. The van der Waals surface area contributed by atoms with Gasteiger partial charge in [0.25, 0.3) is 5.91 Å². The molecule has 27 heavy (non-hydrogen) atoms. The number of ether oxygens (including phenoxy) is 1. The van der Waals surface area contributed by atoms with Gasteiger partial charge in [0.05, 0.1) is 7.11 Å². The summed E-state index contributed by atoms with van der Waals surface area (Å²) in [5.74, 6) is 0.0323. The van der Waals surface area contributed by atoms with Gasteiger partial charge in [-0.15, -0.1) is 0 Å². The van der Waals surface area contributed by atoms with Crippen molar-refractivity contribution in [2.24, 2.45) is 5.92 Å². The smallest absolute Gasteiger partial charge is 0.322 e. The Kier molecular flexibility index (Phi) is 7.45. The maximum absolute atomic E-state index is 12.7. The molecule has 0 aromatic heterocycles. The maximum atomic E-state index is 12.7. The van der Waals surface area contributed by atoms with Gasteiger partial charge in [0.15, 0.2) is 0 Å². The van der Waals surface area contributed by atoms with Gasteiger partial charge in [-0.3, -0.25) is 14.9 Å². The van der Waals surface area contributed by atoms with Crippen LogP contribution in [0, 0.1) is 5.92 Å². The number of amides is 1. The number of nitrogens with one attached hydrogen (secondary N) is 1. The van der Waals surface area contributed by atoms with E-state index in [1.165, 1.54) is 7.11 Å². The van der Waals surface area contributed by atoms with Crippen LogP contribution in [0.3, 0.4) is 0 Å². The van der Waals surface area contributed by atoms with Crippen LogP contribution in [0.4, 0.5) is 0 Å². The molecule has 0 saturated heterocycles. The Morgan fingerprint density at radius 3 is 2.44 bits per heavy atom. The zero-order chi connectivity index (χ0) is 20.1. The number of halogens is 1. The van der Waals surface area contributed by atoms with Crippen LogP contribution in [-0.4, -0.2) is 42.6 Å². The van der Waals surface area contributed by atoms with Gasteiger partial charge in [0.1, 0.15) is 12.2 Å². The number of nitrogens with zero attached hydrogens (tertiary/aromatic N) is 1. The first-order chi connectivity index (χ1) is 12.7. The Balaban J connectivity index is 2.15. The number of carbonyl (C=O) groups excluding carboxylic acids is 2. The zero-order valence-electron chi connectivity index (χ0n) is 16.7. The average molecular weight is 393 g/mol. The molecule has 1 N–H and O–H groups in total. The van der Waals surface area contributed by atoms with Crippen molar-refractivity contribution in [1.29, 1.82) is 0 Å². The fraction of sp³-hybridized carbons (Fsp3) is 0.524. The zero-order valence-corrected chi connectivity index (χ0v) is 17.5. The second-order valence-corrected chi connectivity index (χ2v) is 7.89. The molecule has 148 valence electrons. The molecule has 2 atom stereocenters. The minimum absolute atomic E-state index is 0.00660. The lowest BCUT2D eigenvalue weighted by Crippen LogP contribution is -2.52. The van der Waals surface area contributed by atoms with Gasteiger partial charge in [-0.2, -0.15) is 0 Å². The van der Waals surface area contributed by atoms with Crippen LogP contribution >= 0.6 is 11.6 Å². The molecule has 1 aliphatic rings. The molecule has 0 aliphatic carbocycles. The highest BCUT2D eigenvalue weighted by Crippen LogP contribution is 2.25. The number of hydrogen-bond donors (Lipinski definition) is 1. The third-order valence-corrected chi connectivity index (χ3v) is 5.25. The third kappa shape index (κ3) is 5.33. The summed E-state index contributed by atoms with van der Waals surface area (Å²) in [5.41, 5.74) is 2.80. The molecule has 0 saturated carbocycles. The fourth-order valence-corrected chi connectivity index (χ4v) is 3.45. The monoisotopic (exact) mass is 392 g/mol. The molecule has 6 heteroatoms. The summed E-state index contributed by atoms with van der Waals surface area (Å²) >= 11 is 5.94. The molecule has 0 fully saturated rings. The van der Waals surface area contributed by atoms with E-state index in [1.807, 2.05) is 38.1 Å². The molecule has 1 amide bonds. The Hall–Kier alpha value is -1.85. The highest BCUT2D eigenvalue weighted by Gasteiger charge is 2.37. The van der Waals surface area contributed by atoms with E-state index in [9.17, 15) is 9.59 Å². The maximum Gasteiger partial charge on any atom is 0.322 e. The number of rotatable bonds is 8. The lowest BCUT2D eigenvalue weighted by atomic mass is 10.0. The molecule has 1 aromatic carbocycles. The van der Waals surface area contributed by atoms with E-state index < -0.39 is 6.04 Å². The van der Waals surface area contributed by atoms with E-state index >= 15 is 0 Å². The van der Waals surface area contributed by atoms with Gasteiger partial charge in [0, 0.05) is 17.1 Å². The van der Waals surface area contributed by atoms with Crippen LogP contribution in [0.25, 0.3) is 0 Å². The lowest BCUT2D eigenvalue weighted by molar-refractivity contribution is -0.144. The van der Waals surface area contributed by atoms with Crippen molar-refractivity contribution >= 4 is 23.5 Å². The number of carbonyl (C=O) groups is 2. The van der Waals surface area contributed by atoms with Crippen LogP contribution < -0.4 is 5.32 Å². The van der Waals surface area contributed by atoms with Crippen LogP contribution in [-0.2, 0) is 20.7 Å². The molecular weight excluding hydrogens is 364 g/mol. The molecule has 2 rings (SSSR count). The Bertz CT molecular complexity index is 713. The SMILES string of the molecule is COC(=O)[C@H](CC(C)C)N[C@@H]1C(C)=C(C)C(=O)N1CCc1ccc(Cl)cc1. The van der Waals surface area contributed by atoms with E-state index in [1.54, 1.807) is 4.90 Å². The predicted octanol–water partition coefficient (Wildman–Crippen LogP) is 3.56. The van der Waals surface area contributed by atoms with E-state index in [-0.39, 0.29) is 18.0 Å². The third-order valence-electron chi connectivity index (χ3n) is 5.00. The predicted molar refractivity (Wildman–Crippen MR) is 107 cm³/mol. The summed E-state index contributed by atoms with van der Waals surface area (Å²) < 4.78 is 4.95. The second kappa shape index (κ2) is 9.38. The van der Waals surface area contributed by atoms with Gasteiger partial charge in [0.2, 0.25) is 0 Å². The minimum atomic E-state index is -0.452. The molecule has 0 unspecified atom stereocenters. The van der Waals surface area contributed by atoms with Crippen molar-refractivity contribution in [3.05, 3.63) is 46.0 Å². The van der Waals surface area contributed by atoms with Crippen LogP contribution in [0.5, 0.6) is 0 Å². The Morgan fingerprint density at radius 1 is 1.26 bits per heavy atom. The number of esters is 1. The highest BCUT2D eigenvalue weighted by atomic mass is 35.5. The number of methoxy groups -OCH3 is 1. The molecule has 1 aliphatic heterocycles. The van der Waals surface area contributed by atoms with Gasteiger partial charge >= 0.3 is 5.97 Å². The van der Waals surface area contributed by atoms with Crippen LogP contribution in [0.2, 0.25) is 5.02 Å². The summed E-state index contributed by atoms with van der Waals surface area (Å²) in [6.45, 7) is 8.46. The summed E-state index contributed by atoms with van der Waals surface area (Å²) in [4.78, 5) is 26.7. The minimum Gasteiger partial charge on any atom is -0.468 e. The van der Waals surface area contributed by atoms with E-state index in [2.05, 4.69) is 19.2 Å². The molecule has 5 nitrogen and oxygen atoms in total. The number of benzene rings is 1. The van der Waals surface area contributed by atoms with Crippen molar-refractivity contribution in [2.45, 2.75) is 52.7 Å². The van der Waals surface area contributed by atoms with Crippen molar-refractivity contribution in [2.75, 3.05) is 13.7 Å². The highest BCUT2D eigenvalue weighted by molar-refractivity contribution is 6.30. The van der Waals surface area contributed by atoms with Gasteiger partial charge in [-0.05, 0) is 55.9 Å². The van der Waals surface area contributed by atoms with Crippen molar-refractivity contribution < 1.29 is 14.3 Å². The average Bonchev–Trinajstić information content (AvgIpc) is 2.83. The largest absolute Gasteiger partial charge is 0.468 e. The summed E-state index contributed by atoms with van der Waals surface area (Å²) in [7, 11) is 1.39. The number of hydrogen-bond acceptors (Lipinski definition) is 4. The van der Waals surface area contributed by atoms with Crippen molar-refractivity contribution in [3.63, 3.8) is 0 Å². The summed E-state index contributed by atoms with van der Waals surface area (Å²) in [6, 6.07) is 7.18. The molecule has 0 radical (unpaired) electrons. The normalized spacial score (nSPS) is 18.4. The van der Waals surface area contributed by atoms with Gasteiger partial charge in [-0.1, -0.05) is 37.6 Å². The Labute approximate surface area is 166 Å². The first-order valence-electron chi connectivity index (χ1n) is 9.31. The second-order valence-electron chi connectivity index (χ2n) is 7.46. The molecule has 0 spiro atoms. The summed E-state index contributed by atoms with van der Waals surface area (Å²) in [6.07, 6.45) is 1.07. The fourth-order valence-electron chi connectivity index (χ4n) is 3.32. The first-order valence-corrected chi connectivity index (χ1v) is 9.69. The lowest BCUT2D eigenvalue weighted by Gasteiger charge is -2.31. The molecule has 1 aromatic rings. The quantitative estimate of drug-likeness (QED) is 0.687.